The molecule has 2 amide bonds. The van der Waals surface area contributed by atoms with Crippen LogP contribution in [0.2, 0.25) is 0 Å². The molecule has 0 saturated heterocycles. The van der Waals surface area contributed by atoms with Gasteiger partial charge in [-0.15, -0.1) is 0 Å². The van der Waals surface area contributed by atoms with Crippen molar-refractivity contribution in [2.45, 2.75) is 38.1 Å². The van der Waals surface area contributed by atoms with Crippen LogP contribution in [0.15, 0.2) is 53.0 Å². The van der Waals surface area contributed by atoms with Gasteiger partial charge < -0.3 is 16.0 Å². The van der Waals surface area contributed by atoms with Crippen LogP contribution in [-0.2, 0) is 4.79 Å². The quantitative estimate of drug-likeness (QED) is 0.629. The zero-order valence-electron chi connectivity index (χ0n) is 15.1. The number of hydrogen-bond acceptors (Lipinski definition) is 3. The highest BCUT2D eigenvalue weighted by Gasteiger charge is 2.16. The number of para-hydroxylation sites is 1. The standard InChI is InChI=1S/C21H24BrN3O2/c22-18-11-4-5-12-19(18)25-20(26)14-23-17-10-6-7-15(13-17)21(27)24-16-8-2-1-3-9-16/h4-7,10-13,16,23H,1-3,8-9,14H2,(H,24,27)(H,25,26). The first-order chi connectivity index (χ1) is 13.1. The van der Waals surface area contributed by atoms with Crippen LogP contribution in [0.25, 0.3) is 0 Å². The minimum atomic E-state index is -0.154. The number of amides is 2. The molecule has 5 nitrogen and oxygen atoms in total. The number of rotatable bonds is 6. The second kappa shape index (κ2) is 9.55. The molecule has 3 rings (SSSR count). The highest BCUT2D eigenvalue weighted by atomic mass is 79.9. The van der Waals surface area contributed by atoms with E-state index in [9.17, 15) is 9.59 Å². The summed E-state index contributed by atoms with van der Waals surface area (Å²) in [6, 6.07) is 15.0. The Morgan fingerprint density at radius 1 is 1.00 bits per heavy atom. The van der Waals surface area contributed by atoms with Crippen molar-refractivity contribution in [1.82, 2.24) is 5.32 Å². The molecule has 1 fully saturated rings. The Hall–Kier alpha value is -2.34. The first kappa shape index (κ1) is 19.4. The predicted octanol–water partition coefficient (Wildman–Crippen LogP) is 4.56. The summed E-state index contributed by atoms with van der Waals surface area (Å²) in [7, 11) is 0. The molecule has 1 saturated carbocycles. The number of anilines is 2. The molecule has 1 aliphatic carbocycles. The number of carbonyl (C=O) groups excluding carboxylic acids is 2. The molecule has 1 aliphatic rings. The molecular weight excluding hydrogens is 406 g/mol. The molecule has 0 spiro atoms. The van der Waals surface area contributed by atoms with E-state index in [-0.39, 0.29) is 24.4 Å². The Kier molecular flexibility index (Phi) is 6.87. The van der Waals surface area contributed by atoms with Crippen molar-refractivity contribution < 1.29 is 9.59 Å². The smallest absolute Gasteiger partial charge is 0.251 e. The molecule has 0 radical (unpaired) electrons. The summed E-state index contributed by atoms with van der Waals surface area (Å²) in [6.45, 7) is 0.120. The van der Waals surface area contributed by atoms with Gasteiger partial charge in [-0.05, 0) is 59.1 Å². The van der Waals surface area contributed by atoms with Crippen LogP contribution in [0, 0.1) is 0 Å². The van der Waals surface area contributed by atoms with E-state index in [0.717, 1.165) is 28.7 Å². The molecule has 0 aromatic heterocycles. The van der Waals surface area contributed by atoms with Crippen LogP contribution in [0.4, 0.5) is 11.4 Å². The van der Waals surface area contributed by atoms with E-state index in [2.05, 4.69) is 31.9 Å². The Morgan fingerprint density at radius 2 is 1.78 bits per heavy atom. The summed E-state index contributed by atoms with van der Waals surface area (Å²) in [5.74, 6) is -0.206. The van der Waals surface area contributed by atoms with Gasteiger partial charge in [-0.2, -0.15) is 0 Å². The average molecular weight is 430 g/mol. The van der Waals surface area contributed by atoms with E-state index in [0.29, 0.717) is 5.56 Å². The minimum absolute atomic E-state index is 0.0526. The maximum atomic E-state index is 12.5. The molecule has 0 heterocycles. The topological polar surface area (TPSA) is 70.2 Å². The van der Waals surface area contributed by atoms with Gasteiger partial charge in [0.1, 0.15) is 0 Å². The maximum absolute atomic E-state index is 12.5. The van der Waals surface area contributed by atoms with Gasteiger partial charge >= 0.3 is 0 Å². The van der Waals surface area contributed by atoms with Crippen molar-refractivity contribution in [1.29, 1.82) is 0 Å². The molecule has 2 aromatic carbocycles. The fourth-order valence-corrected chi connectivity index (χ4v) is 3.61. The van der Waals surface area contributed by atoms with Gasteiger partial charge in [-0.1, -0.05) is 37.5 Å². The first-order valence-corrected chi connectivity index (χ1v) is 10.1. The van der Waals surface area contributed by atoms with E-state index >= 15 is 0 Å². The molecule has 0 aliphatic heterocycles. The van der Waals surface area contributed by atoms with Crippen LogP contribution >= 0.6 is 15.9 Å². The molecule has 2 aromatic rings. The molecular formula is C21H24BrN3O2. The summed E-state index contributed by atoms with van der Waals surface area (Å²) in [4.78, 5) is 24.6. The maximum Gasteiger partial charge on any atom is 0.251 e. The van der Waals surface area contributed by atoms with Crippen molar-refractivity contribution in [3.63, 3.8) is 0 Å². The van der Waals surface area contributed by atoms with Crippen LogP contribution in [0.3, 0.4) is 0 Å². The number of carbonyl (C=O) groups is 2. The summed E-state index contributed by atoms with van der Waals surface area (Å²) in [5.41, 5.74) is 2.08. The summed E-state index contributed by atoms with van der Waals surface area (Å²) in [5, 5.41) is 9.04. The highest BCUT2D eigenvalue weighted by Crippen LogP contribution is 2.21. The van der Waals surface area contributed by atoms with E-state index in [1.165, 1.54) is 19.3 Å². The third kappa shape index (κ3) is 5.82. The van der Waals surface area contributed by atoms with Crippen molar-refractivity contribution >= 4 is 39.1 Å². The van der Waals surface area contributed by atoms with E-state index in [1.807, 2.05) is 36.4 Å². The number of benzene rings is 2. The van der Waals surface area contributed by atoms with E-state index < -0.39 is 0 Å². The van der Waals surface area contributed by atoms with Gasteiger partial charge in [0.05, 0.1) is 12.2 Å². The Bertz CT molecular complexity index is 804. The van der Waals surface area contributed by atoms with Crippen LogP contribution in [0.1, 0.15) is 42.5 Å². The summed E-state index contributed by atoms with van der Waals surface area (Å²) >= 11 is 3.41. The van der Waals surface area contributed by atoms with Gasteiger partial charge in [-0.3, -0.25) is 9.59 Å². The van der Waals surface area contributed by atoms with Gasteiger partial charge in [0, 0.05) is 21.8 Å². The normalized spacial score (nSPS) is 14.4. The van der Waals surface area contributed by atoms with Crippen LogP contribution in [0.5, 0.6) is 0 Å². The van der Waals surface area contributed by atoms with Crippen molar-refractivity contribution in [2.75, 3.05) is 17.2 Å². The Morgan fingerprint density at radius 3 is 2.56 bits per heavy atom. The lowest BCUT2D eigenvalue weighted by molar-refractivity contribution is -0.114. The van der Waals surface area contributed by atoms with Crippen LogP contribution in [-0.4, -0.2) is 24.4 Å². The second-order valence-electron chi connectivity index (χ2n) is 6.77. The van der Waals surface area contributed by atoms with Crippen LogP contribution < -0.4 is 16.0 Å². The van der Waals surface area contributed by atoms with Gasteiger partial charge in [0.25, 0.3) is 5.91 Å². The third-order valence-electron chi connectivity index (χ3n) is 4.67. The fourth-order valence-electron chi connectivity index (χ4n) is 3.23. The van der Waals surface area contributed by atoms with E-state index in [1.54, 1.807) is 12.1 Å². The van der Waals surface area contributed by atoms with Gasteiger partial charge in [0.2, 0.25) is 5.91 Å². The molecule has 27 heavy (non-hydrogen) atoms. The average Bonchev–Trinajstić information content (AvgIpc) is 2.69. The minimum Gasteiger partial charge on any atom is -0.376 e. The predicted molar refractivity (Wildman–Crippen MR) is 112 cm³/mol. The molecule has 3 N–H and O–H groups in total. The fraction of sp³-hybridized carbons (Fsp3) is 0.333. The zero-order chi connectivity index (χ0) is 19.1. The second-order valence-corrected chi connectivity index (χ2v) is 7.63. The molecule has 142 valence electrons. The highest BCUT2D eigenvalue weighted by molar-refractivity contribution is 9.10. The van der Waals surface area contributed by atoms with Gasteiger partial charge in [-0.25, -0.2) is 0 Å². The molecule has 0 unspecified atom stereocenters. The molecule has 0 atom stereocenters. The lowest BCUT2D eigenvalue weighted by Crippen LogP contribution is -2.36. The molecule has 6 heteroatoms. The number of nitrogens with one attached hydrogen (secondary N) is 3. The van der Waals surface area contributed by atoms with Crippen molar-refractivity contribution in [3.8, 4) is 0 Å². The van der Waals surface area contributed by atoms with Crippen molar-refractivity contribution in [3.05, 3.63) is 58.6 Å². The Labute approximate surface area is 168 Å². The Balaban J connectivity index is 1.53. The van der Waals surface area contributed by atoms with E-state index in [4.69, 9.17) is 0 Å². The number of hydrogen-bond donors (Lipinski definition) is 3. The lowest BCUT2D eigenvalue weighted by atomic mass is 9.95. The SMILES string of the molecule is O=C(CNc1cccc(C(=O)NC2CCCCC2)c1)Nc1ccccc1Br. The summed E-state index contributed by atoms with van der Waals surface area (Å²) in [6.07, 6.45) is 5.73. The zero-order valence-corrected chi connectivity index (χ0v) is 16.7. The molecule has 0 bridgehead atoms. The van der Waals surface area contributed by atoms with Gasteiger partial charge in [0.15, 0.2) is 0 Å². The van der Waals surface area contributed by atoms with Crippen molar-refractivity contribution in [2.24, 2.45) is 0 Å². The first-order valence-electron chi connectivity index (χ1n) is 9.31. The number of halogens is 1. The summed E-state index contributed by atoms with van der Waals surface area (Å²) < 4.78 is 0.833. The largest absolute Gasteiger partial charge is 0.376 e. The third-order valence-corrected chi connectivity index (χ3v) is 5.36. The lowest BCUT2D eigenvalue weighted by Gasteiger charge is -2.22. The monoisotopic (exact) mass is 429 g/mol.